The third kappa shape index (κ3) is 4.55. The first-order valence-corrected chi connectivity index (χ1v) is 8.85. The standard InChI is InChI=1S/C16H16FN3O5S/c17-12-4-6-13(7-5-12)26(24,25)14-3-1-2-11(10-14)15(21)20(23)9-8-19-16(18)22/h1-7,10,23H,8-9H2,(H3,18,19,22). The molecule has 0 radical (unpaired) electrons. The Morgan fingerprint density at radius 1 is 1.12 bits per heavy atom. The highest BCUT2D eigenvalue weighted by atomic mass is 32.2. The van der Waals surface area contributed by atoms with E-state index in [1.165, 1.54) is 18.2 Å². The molecule has 26 heavy (non-hydrogen) atoms. The van der Waals surface area contributed by atoms with Crippen LogP contribution in [-0.2, 0) is 9.84 Å². The predicted molar refractivity (Wildman–Crippen MR) is 88.7 cm³/mol. The number of nitrogens with two attached hydrogens (primary N) is 1. The van der Waals surface area contributed by atoms with E-state index in [1.54, 1.807) is 0 Å². The van der Waals surface area contributed by atoms with Crippen molar-refractivity contribution in [2.45, 2.75) is 9.79 Å². The van der Waals surface area contributed by atoms with Crippen LogP contribution in [0.2, 0.25) is 0 Å². The van der Waals surface area contributed by atoms with Gasteiger partial charge in [0.15, 0.2) is 0 Å². The van der Waals surface area contributed by atoms with Gasteiger partial charge in [-0.3, -0.25) is 10.0 Å². The Hall–Kier alpha value is -2.98. The van der Waals surface area contributed by atoms with E-state index < -0.39 is 27.6 Å². The van der Waals surface area contributed by atoms with E-state index in [0.29, 0.717) is 5.06 Å². The molecular formula is C16H16FN3O5S. The van der Waals surface area contributed by atoms with Gasteiger partial charge < -0.3 is 11.1 Å². The topological polar surface area (TPSA) is 130 Å². The van der Waals surface area contributed by atoms with Gasteiger partial charge in [0.1, 0.15) is 5.82 Å². The number of hydrogen-bond donors (Lipinski definition) is 3. The summed E-state index contributed by atoms with van der Waals surface area (Å²) in [5, 5.41) is 12.3. The first-order valence-electron chi connectivity index (χ1n) is 7.36. The van der Waals surface area contributed by atoms with Gasteiger partial charge in [0, 0.05) is 12.1 Å². The van der Waals surface area contributed by atoms with Crippen LogP contribution < -0.4 is 11.1 Å². The minimum atomic E-state index is -3.96. The maximum absolute atomic E-state index is 13.0. The minimum absolute atomic E-state index is 0.0743. The minimum Gasteiger partial charge on any atom is -0.352 e. The number of halogens is 1. The van der Waals surface area contributed by atoms with Crippen LogP contribution in [0.15, 0.2) is 58.3 Å². The van der Waals surface area contributed by atoms with Gasteiger partial charge in [0.25, 0.3) is 5.91 Å². The fraction of sp³-hybridized carbons (Fsp3) is 0.125. The van der Waals surface area contributed by atoms with Crippen molar-refractivity contribution >= 4 is 21.8 Å². The van der Waals surface area contributed by atoms with E-state index in [4.69, 9.17) is 5.73 Å². The number of sulfone groups is 1. The smallest absolute Gasteiger partial charge is 0.312 e. The van der Waals surface area contributed by atoms with Gasteiger partial charge in [0.2, 0.25) is 9.84 Å². The van der Waals surface area contributed by atoms with E-state index in [1.807, 2.05) is 0 Å². The summed E-state index contributed by atoms with van der Waals surface area (Å²) in [6, 6.07) is 8.53. The molecule has 2 rings (SSSR count). The van der Waals surface area contributed by atoms with E-state index in [-0.39, 0.29) is 28.4 Å². The molecule has 0 atom stereocenters. The lowest BCUT2D eigenvalue weighted by Gasteiger charge is -2.15. The van der Waals surface area contributed by atoms with Gasteiger partial charge in [0.05, 0.1) is 16.3 Å². The lowest BCUT2D eigenvalue weighted by molar-refractivity contribution is -0.0564. The Balaban J connectivity index is 2.22. The number of primary amides is 1. The molecule has 0 aliphatic rings. The number of carbonyl (C=O) groups excluding carboxylic acids is 2. The third-order valence-corrected chi connectivity index (χ3v) is 5.14. The predicted octanol–water partition coefficient (Wildman–Crippen LogP) is 1.16. The molecule has 0 saturated heterocycles. The molecule has 0 bridgehead atoms. The maximum Gasteiger partial charge on any atom is 0.312 e. The van der Waals surface area contributed by atoms with Crippen LogP contribution >= 0.6 is 0 Å². The first-order chi connectivity index (χ1) is 12.2. The Morgan fingerprint density at radius 2 is 1.77 bits per heavy atom. The zero-order valence-corrected chi connectivity index (χ0v) is 14.2. The molecule has 4 N–H and O–H groups in total. The van der Waals surface area contributed by atoms with Crippen molar-refractivity contribution in [1.29, 1.82) is 0 Å². The van der Waals surface area contributed by atoms with E-state index in [2.05, 4.69) is 5.32 Å². The van der Waals surface area contributed by atoms with Gasteiger partial charge in [-0.15, -0.1) is 0 Å². The van der Waals surface area contributed by atoms with Crippen molar-refractivity contribution in [3.63, 3.8) is 0 Å². The summed E-state index contributed by atoms with van der Waals surface area (Å²) in [6.45, 7) is -0.318. The molecule has 0 spiro atoms. The van der Waals surface area contributed by atoms with Crippen LogP contribution in [0, 0.1) is 5.82 Å². The monoisotopic (exact) mass is 381 g/mol. The zero-order valence-electron chi connectivity index (χ0n) is 13.4. The molecule has 2 aromatic carbocycles. The van der Waals surface area contributed by atoms with Crippen molar-refractivity contribution in [2.24, 2.45) is 5.73 Å². The second kappa shape index (κ2) is 7.93. The van der Waals surface area contributed by atoms with E-state index in [0.717, 1.165) is 30.3 Å². The van der Waals surface area contributed by atoms with Crippen LogP contribution in [0.3, 0.4) is 0 Å². The number of amides is 3. The fourth-order valence-corrected chi connectivity index (χ4v) is 3.39. The SMILES string of the molecule is NC(=O)NCCN(O)C(=O)c1cccc(S(=O)(=O)c2ccc(F)cc2)c1. The first kappa shape index (κ1) is 19.3. The van der Waals surface area contributed by atoms with Gasteiger partial charge in [-0.05, 0) is 42.5 Å². The molecule has 10 heteroatoms. The normalized spacial score (nSPS) is 11.0. The van der Waals surface area contributed by atoms with Gasteiger partial charge in [-0.2, -0.15) is 0 Å². The number of carbonyl (C=O) groups is 2. The summed E-state index contributed by atoms with van der Waals surface area (Å²) in [5.74, 6) is -1.43. The molecule has 0 saturated carbocycles. The number of nitrogens with one attached hydrogen (secondary N) is 1. The quantitative estimate of drug-likeness (QED) is 0.393. The average molecular weight is 381 g/mol. The molecule has 0 unspecified atom stereocenters. The summed E-state index contributed by atoms with van der Waals surface area (Å²) < 4.78 is 38.1. The summed E-state index contributed by atoms with van der Waals surface area (Å²) in [5.41, 5.74) is 4.80. The third-order valence-electron chi connectivity index (χ3n) is 3.37. The van der Waals surface area contributed by atoms with Crippen LogP contribution in [0.25, 0.3) is 0 Å². The maximum atomic E-state index is 13.0. The van der Waals surface area contributed by atoms with Gasteiger partial charge in [-0.25, -0.2) is 22.7 Å². The Kier molecular flexibility index (Phi) is 5.90. The summed E-state index contributed by atoms with van der Waals surface area (Å²) in [4.78, 5) is 22.4. The lowest BCUT2D eigenvalue weighted by atomic mass is 10.2. The molecule has 2 aromatic rings. The largest absolute Gasteiger partial charge is 0.352 e. The molecule has 0 heterocycles. The summed E-state index contributed by atoms with van der Waals surface area (Å²) in [6.07, 6.45) is 0. The summed E-state index contributed by atoms with van der Waals surface area (Å²) in [7, 11) is -3.96. The molecular weight excluding hydrogens is 365 g/mol. The number of hydrogen-bond acceptors (Lipinski definition) is 5. The molecule has 3 amide bonds. The number of hydroxylamine groups is 2. The van der Waals surface area contributed by atoms with Crippen LogP contribution in [0.4, 0.5) is 9.18 Å². The number of rotatable bonds is 6. The van der Waals surface area contributed by atoms with Gasteiger partial charge in [-0.1, -0.05) is 6.07 Å². The highest BCUT2D eigenvalue weighted by Gasteiger charge is 2.21. The Bertz CT molecular complexity index is 916. The van der Waals surface area contributed by atoms with E-state index >= 15 is 0 Å². The second-order valence-corrected chi connectivity index (χ2v) is 7.15. The molecule has 0 aliphatic heterocycles. The van der Waals surface area contributed by atoms with Crippen LogP contribution in [0.1, 0.15) is 10.4 Å². The highest BCUT2D eigenvalue weighted by Crippen LogP contribution is 2.22. The molecule has 0 aromatic heterocycles. The molecule has 0 fully saturated rings. The lowest BCUT2D eigenvalue weighted by Crippen LogP contribution is -2.38. The average Bonchev–Trinajstić information content (AvgIpc) is 2.61. The Morgan fingerprint density at radius 3 is 2.38 bits per heavy atom. The summed E-state index contributed by atoms with van der Waals surface area (Å²) >= 11 is 0. The van der Waals surface area contributed by atoms with Crippen molar-refractivity contribution in [1.82, 2.24) is 10.4 Å². The van der Waals surface area contributed by atoms with Crippen LogP contribution in [-0.4, -0.2) is 43.7 Å². The van der Waals surface area contributed by atoms with Crippen molar-refractivity contribution < 1.29 is 27.6 Å². The van der Waals surface area contributed by atoms with Crippen molar-refractivity contribution in [3.05, 3.63) is 59.9 Å². The molecule has 138 valence electrons. The van der Waals surface area contributed by atoms with E-state index in [9.17, 15) is 27.6 Å². The van der Waals surface area contributed by atoms with Gasteiger partial charge >= 0.3 is 6.03 Å². The fourth-order valence-electron chi connectivity index (χ4n) is 2.08. The number of benzene rings is 2. The van der Waals surface area contributed by atoms with Crippen LogP contribution in [0.5, 0.6) is 0 Å². The Labute approximate surface area is 148 Å². The van der Waals surface area contributed by atoms with Crippen molar-refractivity contribution in [2.75, 3.05) is 13.1 Å². The zero-order chi connectivity index (χ0) is 19.3. The van der Waals surface area contributed by atoms with Crippen molar-refractivity contribution in [3.8, 4) is 0 Å². The second-order valence-electron chi connectivity index (χ2n) is 5.20. The number of urea groups is 1. The molecule has 0 aliphatic carbocycles. The highest BCUT2D eigenvalue weighted by molar-refractivity contribution is 7.91. The molecule has 8 nitrogen and oxygen atoms in total. The number of nitrogens with zero attached hydrogens (tertiary/aromatic N) is 1.